The number of benzene rings is 1. The molecule has 0 aromatic heterocycles. The summed E-state index contributed by atoms with van der Waals surface area (Å²) in [6, 6.07) is 9.10. The van der Waals surface area contributed by atoms with Gasteiger partial charge in [-0.1, -0.05) is 44.4 Å². The smallest absolute Gasteiger partial charge is 0.267 e. The van der Waals surface area contributed by atoms with Crippen LogP contribution in [0.5, 0.6) is 0 Å². The molecule has 3 nitrogen and oxygen atoms in total. The summed E-state index contributed by atoms with van der Waals surface area (Å²) in [7, 11) is 0. The molecule has 92 valence electrons. The Hall–Kier alpha value is -1.64. The molecule has 0 saturated heterocycles. The highest BCUT2D eigenvalue weighted by Crippen LogP contribution is 2.00. The number of nitrogens with one attached hydrogen (secondary N) is 1. The van der Waals surface area contributed by atoms with Crippen molar-refractivity contribution in [1.29, 1.82) is 0 Å². The second-order valence-corrected chi connectivity index (χ2v) is 3.97. The van der Waals surface area contributed by atoms with Gasteiger partial charge in [-0.25, -0.2) is 5.43 Å². The van der Waals surface area contributed by atoms with Crippen LogP contribution in [-0.4, -0.2) is 12.1 Å². The van der Waals surface area contributed by atoms with Crippen molar-refractivity contribution in [3.63, 3.8) is 0 Å². The van der Waals surface area contributed by atoms with Gasteiger partial charge in [0.05, 0.1) is 0 Å². The van der Waals surface area contributed by atoms with E-state index < -0.39 is 0 Å². The van der Waals surface area contributed by atoms with Crippen LogP contribution in [0.3, 0.4) is 0 Å². The topological polar surface area (TPSA) is 41.5 Å². The first-order valence-electron chi connectivity index (χ1n) is 6.21. The highest BCUT2D eigenvalue weighted by Gasteiger charge is 2.00. The number of amides is 1. The zero-order chi connectivity index (χ0) is 12.3. The number of hydrazone groups is 1. The Labute approximate surface area is 103 Å². The summed E-state index contributed by atoms with van der Waals surface area (Å²) in [6.45, 7) is 2.19. The van der Waals surface area contributed by atoms with Gasteiger partial charge in [-0.15, -0.1) is 0 Å². The number of carbonyl (C=O) groups excluding carboxylic acids is 1. The van der Waals surface area contributed by atoms with Crippen LogP contribution in [0.4, 0.5) is 0 Å². The Balaban J connectivity index is 2.18. The Morgan fingerprint density at radius 1 is 1.24 bits per heavy atom. The lowest BCUT2D eigenvalue weighted by molar-refractivity contribution is 0.0955. The molecule has 0 unspecified atom stereocenters. The second kappa shape index (κ2) is 8.50. The van der Waals surface area contributed by atoms with Gasteiger partial charge in [-0.05, 0) is 25.0 Å². The molecular weight excluding hydrogens is 212 g/mol. The van der Waals surface area contributed by atoms with Gasteiger partial charge in [-0.3, -0.25) is 4.79 Å². The van der Waals surface area contributed by atoms with Crippen molar-refractivity contribution in [2.75, 3.05) is 0 Å². The number of rotatable bonds is 7. The van der Waals surface area contributed by atoms with E-state index in [1.807, 2.05) is 18.2 Å². The molecule has 0 radical (unpaired) electrons. The minimum atomic E-state index is -0.157. The fraction of sp³-hybridized carbons (Fsp3) is 0.429. The van der Waals surface area contributed by atoms with Crippen LogP contribution in [-0.2, 0) is 0 Å². The SMILES string of the molecule is CCCCCCC=NNC(=O)c1ccccc1. The quantitative estimate of drug-likeness (QED) is 0.437. The standard InChI is InChI=1S/C14H20N2O/c1-2-3-4-5-9-12-15-16-14(17)13-10-7-6-8-11-13/h6-8,10-12H,2-5,9H2,1H3,(H,16,17). The van der Waals surface area contributed by atoms with Gasteiger partial charge in [0.15, 0.2) is 0 Å². The Morgan fingerprint density at radius 3 is 2.71 bits per heavy atom. The molecule has 0 aliphatic heterocycles. The molecule has 0 heterocycles. The number of unbranched alkanes of at least 4 members (excludes halogenated alkanes) is 4. The Kier molecular flexibility index (Phi) is 6.72. The van der Waals surface area contributed by atoms with E-state index in [4.69, 9.17) is 0 Å². The maximum absolute atomic E-state index is 11.6. The maximum Gasteiger partial charge on any atom is 0.271 e. The highest BCUT2D eigenvalue weighted by molar-refractivity contribution is 5.94. The Bertz CT molecular complexity index is 346. The lowest BCUT2D eigenvalue weighted by Crippen LogP contribution is -2.17. The first kappa shape index (κ1) is 13.4. The number of carbonyl (C=O) groups is 1. The van der Waals surface area contributed by atoms with Crippen LogP contribution >= 0.6 is 0 Å². The fourth-order valence-electron chi connectivity index (χ4n) is 1.49. The Morgan fingerprint density at radius 2 is 2.00 bits per heavy atom. The van der Waals surface area contributed by atoms with E-state index in [0.29, 0.717) is 5.56 Å². The molecule has 0 fully saturated rings. The van der Waals surface area contributed by atoms with Crippen molar-refractivity contribution in [1.82, 2.24) is 5.43 Å². The van der Waals surface area contributed by atoms with Crippen LogP contribution in [0, 0.1) is 0 Å². The van der Waals surface area contributed by atoms with Crippen molar-refractivity contribution in [3.05, 3.63) is 35.9 Å². The van der Waals surface area contributed by atoms with E-state index in [9.17, 15) is 4.79 Å². The number of hydrogen-bond acceptors (Lipinski definition) is 2. The predicted octanol–water partition coefficient (Wildman–Crippen LogP) is 3.37. The minimum Gasteiger partial charge on any atom is -0.267 e. The molecule has 1 rings (SSSR count). The highest BCUT2D eigenvalue weighted by atomic mass is 16.2. The summed E-state index contributed by atoms with van der Waals surface area (Å²) in [6.07, 6.45) is 7.57. The van der Waals surface area contributed by atoms with Crippen molar-refractivity contribution < 1.29 is 4.79 Å². The zero-order valence-corrected chi connectivity index (χ0v) is 10.4. The van der Waals surface area contributed by atoms with E-state index >= 15 is 0 Å². The van der Waals surface area contributed by atoms with E-state index in [0.717, 1.165) is 12.8 Å². The molecule has 3 heteroatoms. The first-order valence-corrected chi connectivity index (χ1v) is 6.21. The number of hydrogen-bond donors (Lipinski definition) is 1. The molecule has 0 spiro atoms. The maximum atomic E-state index is 11.6. The van der Waals surface area contributed by atoms with Gasteiger partial charge >= 0.3 is 0 Å². The van der Waals surface area contributed by atoms with E-state index in [1.54, 1.807) is 18.3 Å². The summed E-state index contributed by atoms with van der Waals surface area (Å²) < 4.78 is 0. The van der Waals surface area contributed by atoms with Crippen molar-refractivity contribution in [2.24, 2.45) is 5.10 Å². The van der Waals surface area contributed by atoms with Crippen molar-refractivity contribution >= 4 is 12.1 Å². The molecule has 17 heavy (non-hydrogen) atoms. The van der Waals surface area contributed by atoms with E-state index in [-0.39, 0.29) is 5.91 Å². The van der Waals surface area contributed by atoms with Crippen LogP contribution in [0.15, 0.2) is 35.4 Å². The summed E-state index contributed by atoms with van der Waals surface area (Å²) in [4.78, 5) is 11.6. The minimum absolute atomic E-state index is 0.157. The lowest BCUT2D eigenvalue weighted by atomic mass is 10.2. The number of nitrogens with zero attached hydrogens (tertiary/aromatic N) is 1. The fourth-order valence-corrected chi connectivity index (χ4v) is 1.49. The normalized spacial score (nSPS) is 10.6. The lowest BCUT2D eigenvalue weighted by Gasteiger charge is -1.98. The van der Waals surface area contributed by atoms with Crippen LogP contribution < -0.4 is 5.43 Å². The van der Waals surface area contributed by atoms with Crippen LogP contribution in [0.2, 0.25) is 0 Å². The molecule has 1 amide bonds. The van der Waals surface area contributed by atoms with Crippen LogP contribution in [0.25, 0.3) is 0 Å². The zero-order valence-electron chi connectivity index (χ0n) is 10.4. The van der Waals surface area contributed by atoms with Crippen LogP contribution in [0.1, 0.15) is 49.4 Å². The summed E-state index contributed by atoms with van der Waals surface area (Å²) in [5, 5.41) is 3.92. The third-order valence-corrected chi connectivity index (χ3v) is 2.48. The molecule has 1 N–H and O–H groups in total. The van der Waals surface area contributed by atoms with Gasteiger partial charge in [0, 0.05) is 11.8 Å². The molecule has 1 aromatic carbocycles. The molecule has 0 bridgehead atoms. The van der Waals surface area contributed by atoms with Crippen molar-refractivity contribution in [2.45, 2.75) is 39.0 Å². The monoisotopic (exact) mass is 232 g/mol. The predicted molar refractivity (Wildman–Crippen MR) is 71.2 cm³/mol. The van der Waals surface area contributed by atoms with Gasteiger partial charge < -0.3 is 0 Å². The summed E-state index contributed by atoms with van der Waals surface area (Å²) >= 11 is 0. The first-order chi connectivity index (χ1) is 8.34. The molecule has 0 aliphatic carbocycles. The molecule has 0 saturated carbocycles. The van der Waals surface area contributed by atoms with Gasteiger partial charge in [0.2, 0.25) is 0 Å². The van der Waals surface area contributed by atoms with Gasteiger partial charge in [0.25, 0.3) is 5.91 Å². The molecule has 1 aromatic rings. The second-order valence-electron chi connectivity index (χ2n) is 3.97. The van der Waals surface area contributed by atoms with Gasteiger partial charge in [-0.2, -0.15) is 5.10 Å². The average molecular weight is 232 g/mol. The van der Waals surface area contributed by atoms with E-state index in [1.165, 1.54) is 19.3 Å². The average Bonchev–Trinajstić information content (AvgIpc) is 2.38. The van der Waals surface area contributed by atoms with Gasteiger partial charge in [0.1, 0.15) is 0 Å². The van der Waals surface area contributed by atoms with Crippen molar-refractivity contribution in [3.8, 4) is 0 Å². The molecule has 0 aliphatic rings. The van der Waals surface area contributed by atoms with E-state index in [2.05, 4.69) is 17.5 Å². The summed E-state index contributed by atoms with van der Waals surface area (Å²) in [5.41, 5.74) is 3.16. The molecule has 0 atom stereocenters. The molecular formula is C14H20N2O. The largest absolute Gasteiger partial charge is 0.271 e. The third-order valence-electron chi connectivity index (χ3n) is 2.48. The third kappa shape index (κ3) is 5.85. The summed E-state index contributed by atoms with van der Waals surface area (Å²) in [5.74, 6) is -0.157.